The SMILES string of the molecule is CN(C)/C(=C/C=O)c1ccccc1. The normalized spacial score (nSPS) is 11.1. The minimum atomic E-state index is 0.808. The second-order valence-corrected chi connectivity index (χ2v) is 2.95. The van der Waals surface area contributed by atoms with E-state index in [1.54, 1.807) is 6.08 Å². The summed E-state index contributed by atoms with van der Waals surface area (Å²) in [6.45, 7) is 0. The van der Waals surface area contributed by atoms with Gasteiger partial charge in [-0.25, -0.2) is 0 Å². The molecule has 0 aromatic heterocycles. The molecule has 0 bridgehead atoms. The van der Waals surface area contributed by atoms with Crippen molar-refractivity contribution in [3.8, 4) is 0 Å². The number of carbonyl (C=O) groups is 1. The van der Waals surface area contributed by atoms with Crippen molar-refractivity contribution < 1.29 is 4.79 Å². The van der Waals surface area contributed by atoms with Crippen molar-refractivity contribution in [3.63, 3.8) is 0 Å². The summed E-state index contributed by atoms with van der Waals surface area (Å²) in [7, 11) is 3.84. The summed E-state index contributed by atoms with van der Waals surface area (Å²) < 4.78 is 0. The molecule has 0 heterocycles. The van der Waals surface area contributed by atoms with Crippen molar-refractivity contribution >= 4 is 12.0 Å². The first-order valence-electron chi connectivity index (χ1n) is 4.14. The summed E-state index contributed by atoms with van der Waals surface area (Å²) in [6.07, 6.45) is 2.37. The lowest BCUT2D eigenvalue weighted by molar-refractivity contribution is -0.104. The van der Waals surface area contributed by atoms with E-state index >= 15 is 0 Å². The second-order valence-electron chi connectivity index (χ2n) is 2.95. The topological polar surface area (TPSA) is 20.3 Å². The molecular formula is C11H13NO. The van der Waals surface area contributed by atoms with Gasteiger partial charge in [-0.05, 0) is 5.56 Å². The summed E-state index contributed by atoms with van der Waals surface area (Å²) in [5.41, 5.74) is 1.98. The van der Waals surface area contributed by atoms with Crippen LogP contribution in [0.15, 0.2) is 36.4 Å². The molecule has 68 valence electrons. The molecule has 0 atom stereocenters. The molecule has 2 nitrogen and oxygen atoms in total. The first kappa shape index (κ1) is 9.52. The van der Waals surface area contributed by atoms with Crippen LogP contribution >= 0.6 is 0 Å². The Morgan fingerprint density at radius 2 is 1.85 bits per heavy atom. The Bertz CT molecular complexity index is 301. The van der Waals surface area contributed by atoms with Crippen LogP contribution in [0.2, 0.25) is 0 Å². The summed E-state index contributed by atoms with van der Waals surface area (Å²) >= 11 is 0. The third kappa shape index (κ3) is 2.44. The average molecular weight is 175 g/mol. The van der Waals surface area contributed by atoms with Gasteiger partial charge < -0.3 is 4.90 Å². The molecule has 1 aromatic carbocycles. The third-order valence-corrected chi connectivity index (χ3v) is 1.78. The van der Waals surface area contributed by atoms with Crippen LogP contribution in [-0.2, 0) is 4.79 Å². The highest BCUT2D eigenvalue weighted by molar-refractivity contribution is 5.80. The van der Waals surface area contributed by atoms with Crippen molar-refractivity contribution in [3.05, 3.63) is 42.0 Å². The number of hydrogen-bond acceptors (Lipinski definition) is 2. The van der Waals surface area contributed by atoms with E-state index in [4.69, 9.17) is 0 Å². The van der Waals surface area contributed by atoms with E-state index in [1.165, 1.54) is 0 Å². The zero-order valence-electron chi connectivity index (χ0n) is 7.90. The largest absolute Gasteiger partial charge is 0.377 e. The van der Waals surface area contributed by atoms with E-state index in [2.05, 4.69) is 0 Å². The first-order chi connectivity index (χ1) is 6.25. The molecule has 2 heteroatoms. The van der Waals surface area contributed by atoms with E-state index in [0.29, 0.717) is 0 Å². The molecule has 0 amide bonds. The third-order valence-electron chi connectivity index (χ3n) is 1.78. The maximum absolute atomic E-state index is 10.4. The lowest BCUT2D eigenvalue weighted by Gasteiger charge is -2.16. The van der Waals surface area contributed by atoms with Crippen molar-refractivity contribution in [2.75, 3.05) is 14.1 Å². The Morgan fingerprint density at radius 1 is 1.23 bits per heavy atom. The Balaban J connectivity index is 3.03. The molecule has 13 heavy (non-hydrogen) atoms. The van der Waals surface area contributed by atoms with Gasteiger partial charge in [-0.15, -0.1) is 0 Å². The zero-order valence-corrected chi connectivity index (χ0v) is 7.90. The Morgan fingerprint density at radius 3 is 2.31 bits per heavy atom. The molecule has 0 aliphatic heterocycles. The minimum absolute atomic E-state index is 0.808. The maximum atomic E-state index is 10.4. The van der Waals surface area contributed by atoms with Crippen LogP contribution in [-0.4, -0.2) is 25.3 Å². The van der Waals surface area contributed by atoms with E-state index in [-0.39, 0.29) is 0 Å². The quantitative estimate of drug-likeness (QED) is 0.515. The number of nitrogens with zero attached hydrogens (tertiary/aromatic N) is 1. The summed E-state index contributed by atoms with van der Waals surface area (Å²) in [5.74, 6) is 0. The standard InChI is InChI=1S/C11H13NO/c1-12(2)11(8-9-13)10-6-4-3-5-7-10/h3-9H,1-2H3/b11-8+. The summed E-state index contributed by atoms with van der Waals surface area (Å²) in [4.78, 5) is 12.3. The van der Waals surface area contributed by atoms with Gasteiger partial charge in [-0.3, -0.25) is 4.79 Å². The molecule has 1 rings (SSSR count). The molecule has 0 fully saturated rings. The van der Waals surface area contributed by atoms with Gasteiger partial charge in [0.1, 0.15) is 6.29 Å². The Labute approximate surface area is 78.5 Å². The fraction of sp³-hybridized carbons (Fsp3) is 0.182. The average Bonchev–Trinajstić information content (AvgIpc) is 2.15. The van der Waals surface area contributed by atoms with Crippen molar-refractivity contribution in [1.29, 1.82) is 0 Å². The van der Waals surface area contributed by atoms with Crippen LogP contribution in [0.1, 0.15) is 5.56 Å². The highest BCUT2D eigenvalue weighted by Gasteiger charge is 2.01. The molecule has 0 aliphatic carbocycles. The molecule has 0 N–H and O–H groups in total. The molecule has 0 aliphatic rings. The van der Waals surface area contributed by atoms with Gasteiger partial charge in [-0.2, -0.15) is 0 Å². The number of rotatable bonds is 3. The number of carbonyl (C=O) groups excluding carboxylic acids is 1. The highest BCUT2D eigenvalue weighted by Crippen LogP contribution is 2.14. The molecular weight excluding hydrogens is 162 g/mol. The number of allylic oxidation sites excluding steroid dienone is 1. The molecule has 0 radical (unpaired) electrons. The van der Waals surface area contributed by atoms with Crippen LogP contribution in [0.3, 0.4) is 0 Å². The number of benzene rings is 1. The highest BCUT2D eigenvalue weighted by atomic mass is 16.1. The van der Waals surface area contributed by atoms with Crippen LogP contribution in [0.4, 0.5) is 0 Å². The van der Waals surface area contributed by atoms with E-state index in [9.17, 15) is 4.79 Å². The predicted octanol–water partition coefficient (Wildman–Crippen LogP) is 1.79. The monoisotopic (exact) mass is 175 g/mol. The van der Waals surface area contributed by atoms with Crippen LogP contribution in [0.25, 0.3) is 5.70 Å². The maximum Gasteiger partial charge on any atom is 0.144 e. The van der Waals surface area contributed by atoms with Gasteiger partial charge in [0.2, 0.25) is 0 Å². The van der Waals surface area contributed by atoms with Gasteiger partial charge in [0.05, 0.1) is 0 Å². The lowest BCUT2D eigenvalue weighted by atomic mass is 10.1. The molecule has 0 saturated carbocycles. The predicted molar refractivity (Wildman–Crippen MR) is 54.2 cm³/mol. The van der Waals surface area contributed by atoms with Gasteiger partial charge >= 0.3 is 0 Å². The fourth-order valence-corrected chi connectivity index (χ4v) is 1.18. The van der Waals surface area contributed by atoms with Gasteiger partial charge in [0, 0.05) is 25.9 Å². The minimum Gasteiger partial charge on any atom is -0.377 e. The lowest BCUT2D eigenvalue weighted by Crippen LogP contribution is -2.09. The van der Waals surface area contributed by atoms with Crippen molar-refractivity contribution in [2.24, 2.45) is 0 Å². The van der Waals surface area contributed by atoms with Crippen LogP contribution in [0, 0.1) is 0 Å². The zero-order chi connectivity index (χ0) is 9.68. The molecule has 1 aromatic rings. The van der Waals surface area contributed by atoms with Crippen LogP contribution in [0.5, 0.6) is 0 Å². The van der Waals surface area contributed by atoms with Gasteiger partial charge in [-0.1, -0.05) is 30.3 Å². The van der Waals surface area contributed by atoms with E-state index in [1.807, 2.05) is 49.3 Å². The molecule has 0 spiro atoms. The van der Waals surface area contributed by atoms with Gasteiger partial charge in [0.25, 0.3) is 0 Å². The first-order valence-corrected chi connectivity index (χ1v) is 4.14. The smallest absolute Gasteiger partial charge is 0.144 e. The van der Waals surface area contributed by atoms with Crippen molar-refractivity contribution in [1.82, 2.24) is 4.90 Å². The second kappa shape index (κ2) is 4.45. The van der Waals surface area contributed by atoms with E-state index in [0.717, 1.165) is 17.5 Å². The molecule has 0 unspecified atom stereocenters. The Kier molecular flexibility index (Phi) is 3.26. The van der Waals surface area contributed by atoms with Crippen molar-refractivity contribution in [2.45, 2.75) is 0 Å². The molecule has 0 saturated heterocycles. The fourth-order valence-electron chi connectivity index (χ4n) is 1.18. The van der Waals surface area contributed by atoms with E-state index < -0.39 is 0 Å². The summed E-state index contributed by atoms with van der Waals surface area (Å²) in [6, 6.07) is 9.83. The number of hydrogen-bond donors (Lipinski definition) is 0. The summed E-state index contributed by atoms with van der Waals surface area (Å²) in [5, 5.41) is 0. The van der Waals surface area contributed by atoms with Gasteiger partial charge in [0.15, 0.2) is 0 Å². The Hall–Kier alpha value is -1.57. The van der Waals surface area contributed by atoms with Crippen LogP contribution < -0.4 is 0 Å². The number of aldehydes is 1.